The molecular formula is C43H46N8O6. The number of aromatic amines is 2. The van der Waals surface area contributed by atoms with Crippen LogP contribution in [0, 0.1) is 17.8 Å². The molecule has 0 saturated carbocycles. The van der Waals surface area contributed by atoms with Crippen LogP contribution in [0.4, 0.5) is 4.79 Å². The lowest BCUT2D eigenvalue weighted by Crippen LogP contribution is -2.51. The summed E-state index contributed by atoms with van der Waals surface area (Å²) in [5.41, 5.74) is 5.74. The summed E-state index contributed by atoms with van der Waals surface area (Å²) in [5, 5.41) is 2.69. The number of aromatic nitrogens is 4. The third kappa shape index (κ3) is 8.69. The standard InChI is InChI=1S/C43H46N8O6/c1-27(2)37(49-43(54)55-3)41(52)50-22-8-12-35(50)39-44-25-34(48-39)30-19-16-28(17-20-30)14-15-29-18-21-32-33(24-29)47-40(46-32)36-13-9-23-51(36)42(53)38(45-26-57-56-4)31-10-6-5-7-11-31/h5-7,10-11,16-21,24-27,35-38H,8-9,12-13,22-23H2,1-4H3,(H,44,48)(H,46,47)(H,49,54)/b45-26+/t35-,36-,37-,38+/m0/s1. The lowest BCUT2D eigenvalue weighted by atomic mass is 10.0. The van der Waals surface area contributed by atoms with E-state index < -0.39 is 18.2 Å². The summed E-state index contributed by atoms with van der Waals surface area (Å²) < 4.78 is 4.75. The van der Waals surface area contributed by atoms with Gasteiger partial charge in [0.05, 0.1) is 43.0 Å². The van der Waals surface area contributed by atoms with Gasteiger partial charge in [-0.1, -0.05) is 68.2 Å². The second kappa shape index (κ2) is 17.6. The van der Waals surface area contributed by atoms with Gasteiger partial charge < -0.3 is 34.7 Å². The van der Waals surface area contributed by atoms with Gasteiger partial charge in [0.1, 0.15) is 17.7 Å². The van der Waals surface area contributed by atoms with Crippen molar-refractivity contribution >= 4 is 35.3 Å². The van der Waals surface area contributed by atoms with E-state index in [1.165, 1.54) is 14.2 Å². The first-order chi connectivity index (χ1) is 27.7. The largest absolute Gasteiger partial charge is 0.453 e. The Labute approximate surface area is 331 Å². The minimum atomic E-state index is -0.777. The van der Waals surface area contributed by atoms with Crippen LogP contribution in [0.3, 0.4) is 0 Å². The fourth-order valence-corrected chi connectivity index (χ4v) is 7.51. The molecule has 0 unspecified atom stereocenters. The molecule has 7 rings (SSSR count). The van der Waals surface area contributed by atoms with Gasteiger partial charge in [0.25, 0.3) is 5.91 Å². The second-order valence-electron chi connectivity index (χ2n) is 14.4. The highest BCUT2D eigenvalue weighted by atomic mass is 17.2. The summed E-state index contributed by atoms with van der Waals surface area (Å²) in [6.45, 7) is 4.98. The molecule has 57 heavy (non-hydrogen) atoms. The molecule has 5 aromatic rings. The number of hydrogen-bond acceptors (Lipinski definition) is 9. The smallest absolute Gasteiger partial charge is 0.407 e. The van der Waals surface area contributed by atoms with Crippen molar-refractivity contribution in [1.82, 2.24) is 35.1 Å². The molecule has 2 saturated heterocycles. The number of carbonyl (C=O) groups is 3. The Morgan fingerprint density at radius 3 is 2.26 bits per heavy atom. The van der Waals surface area contributed by atoms with Crippen LogP contribution in [-0.2, 0) is 24.1 Å². The number of aliphatic imine (C=N–C) groups is 1. The Hall–Kier alpha value is -6.46. The zero-order valence-electron chi connectivity index (χ0n) is 32.4. The van der Waals surface area contributed by atoms with Gasteiger partial charge in [-0.05, 0) is 67.5 Å². The average molecular weight is 771 g/mol. The Kier molecular flexibility index (Phi) is 12.0. The summed E-state index contributed by atoms with van der Waals surface area (Å²) >= 11 is 0. The van der Waals surface area contributed by atoms with Gasteiger partial charge in [0.2, 0.25) is 12.3 Å². The van der Waals surface area contributed by atoms with Gasteiger partial charge in [0, 0.05) is 36.0 Å². The predicted molar refractivity (Wildman–Crippen MR) is 213 cm³/mol. The van der Waals surface area contributed by atoms with E-state index in [0.717, 1.165) is 76.9 Å². The number of carbonyl (C=O) groups excluding carboxylic acids is 3. The van der Waals surface area contributed by atoms with Crippen molar-refractivity contribution < 1.29 is 28.9 Å². The number of imidazole rings is 2. The molecule has 0 radical (unpaired) electrons. The van der Waals surface area contributed by atoms with Gasteiger partial charge in [-0.15, -0.1) is 0 Å². The molecule has 3 N–H and O–H groups in total. The molecule has 2 aromatic heterocycles. The van der Waals surface area contributed by atoms with E-state index >= 15 is 0 Å². The van der Waals surface area contributed by atoms with Gasteiger partial charge in [-0.25, -0.2) is 19.8 Å². The maximum Gasteiger partial charge on any atom is 0.407 e. The number of nitrogens with one attached hydrogen (secondary N) is 3. The fourth-order valence-electron chi connectivity index (χ4n) is 7.51. The SMILES string of the molecule is COO/C=N/[C@@H](C(=O)N1CCC[C@H]1c1nc2cc(C#Cc3ccc(-c4c[nH]c([C@@H]5CCCN5C(=O)[C@@H](NC(=O)OC)C(C)C)n4)cc3)ccc2[nH]1)c1ccccc1. The van der Waals surface area contributed by atoms with Crippen LogP contribution in [0.15, 0.2) is 84.0 Å². The highest BCUT2D eigenvalue weighted by Crippen LogP contribution is 2.35. The molecule has 3 aromatic carbocycles. The van der Waals surface area contributed by atoms with Gasteiger partial charge in [-0.3, -0.25) is 9.59 Å². The quantitative estimate of drug-likeness (QED) is 0.0456. The second-order valence-corrected chi connectivity index (χ2v) is 14.4. The molecule has 294 valence electrons. The number of H-pyrrole nitrogens is 2. The number of ether oxygens (including phenoxy) is 1. The molecule has 2 aliphatic rings. The molecular weight excluding hydrogens is 725 g/mol. The molecule has 14 nitrogen and oxygen atoms in total. The van der Waals surface area contributed by atoms with Gasteiger partial charge >= 0.3 is 6.09 Å². The number of likely N-dealkylation sites (tertiary alicyclic amines) is 2. The van der Waals surface area contributed by atoms with Crippen molar-refractivity contribution in [2.75, 3.05) is 27.3 Å². The molecule has 0 bridgehead atoms. The minimum Gasteiger partial charge on any atom is -0.453 e. The van der Waals surface area contributed by atoms with Crippen LogP contribution in [0.5, 0.6) is 0 Å². The lowest BCUT2D eigenvalue weighted by Gasteiger charge is -2.29. The highest BCUT2D eigenvalue weighted by Gasteiger charge is 2.38. The molecule has 2 aliphatic heterocycles. The van der Waals surface area contributed by atoms with Crippen molar-refractivity contribution in [2.24, 2.45) is 10.9 Å². The van der Waals surface area contributed by atoms with Gasteiger partial charge in [-0.2, -0.15) is 4.89 Å². The number of nitrogens with zero attached hydrogens (tertiary/aromatic N) is 5. The third-order valence-corrected chi connectivity index (χ3v) is 10.4. The number of fused-ring (bicyclic) bond motifs is 1. The van der Waals surface area contributed by atoms with Crippen molar-refractivity contribution in [3.8, 4) is 23.1 Å². The summed E-state index contributed by atoms with van der Waals surface area (Å²) in [6, 6.07) is 21.2. The van der Waals surface area contributed by atoms with E-state index in [2.05, 4.69) is 37.0 Å². The number of amides is 3. The summed E-state index contributed by atoms with van der Waals surface area (Å²) in [4.78, 5) is 73.4. The zero-order valence-corrected chi connectivity index (χ0v) is 32.4. The summed E-state index contributed by atoms with van der Waals surface area (Å²) in [7, 11) is 2.67. The highest BCUT2D eigenvalue weighted by molar-refractivity contribution is 5.87. The monoisotopic (exact) mass is 770 g/mol. The maximum absolute atomic E-state index is 13.9. The number of benzene rings is 3. The normalized spacial score (nSPS) is 17.8. The predicted octanol–water partition coefficient (Wildman–Crippen LogP) is 6.41. The number of rotatable bonds is 11. The topological polar surface area (TPSA) is 167 Å². The lowest BCUT2D eigenvalue weighted by molar-refractivity contribution is -0.188. The Balaban J connectivity index is 1.02. The number of hydrogen-bond donors (Lipinski definition) is 3. The molecule has 4 atom stereocenters. The van der Waals surface area contributed by atoms with Crippen molar-refractivity contribution in [2.45, 2.75) is 63.7 Å². The maximum atomic E-state index is 13.9. The Bertz CT molecular complexity index is 2290. The van der Waals surface area contributed by atoms with Crippen LogP contribution >= 0.6 is 0 Å². The van der Waals surface area contributed by atoms with Crippen LogP contribution < -0.4 is 5.32 Å². The molecule has 3 amide bonds. The van der Waals surface area contributed by atoms with E-state index in [1.54, 1.807) is 4.90 Å². The van der Waals surface area contributed by atoms with Crippen molar-refractivity contribution in [3.05, 3.63) is 107 Å². The van der Waals surface area contributed by atoms with Crippen LogP contribution in [0.2, 0.25) is 0 Å². The number of alkyl carbamates (subject to hydrolysis) is 1. The van der Waals surface area contributed by atoms with E-state index in [0.29, 0.717) is 18.9 Å². The molecule has 4 heterocycles. The minimum absolute atomic E-state index is 0.109. The fraction of sp³-hybridized carbons (Fsp3) is 0.349. The third-order valence-electron chi connectivity index (χ3n) is 10.4. The van der Waals surface area contributed by atoms with Crippen LogP contribution in [0.1, 0.15) is 86.0 Å². The molecule has 2 fully saturated rings. The first-order valence-electron chi connectivity index (χ1n) is 19.1. The Morgan fingerprint density at radius 2 is 1.56 bits per heavy atom. The molecule has 14 heteroatoms. The van der Waals surface area contributed by atoms with E-state index in [9.17, 15) is 14.4 Å². The van der Waals surface area contributed by atoms with Crippen LogP contribution in [-0.4, -0.2) is 87.4 Å². The van der Waals surface area contributed by atoms with Gasteiger partial charge in [0.15, 0.2) is 6.04 Å². The average Bonchev–Trinajstić information content (AvgIpc) is 4.07. The van der Waals surface area contributed by atoms with Crippen LogP contribution in [0.25, 0.3) is 22.3 Å². The summed E-state index contributed by atoms with van der Waals surface area (Å²) in [6.07, 6.45) is 5.62. The van der Waals surface area contributed by atoms with E-state index in [4.69, 9.17) is 19.6 Å². The van der Waals surface area contributed by atoms with E-state index in [1.807, 2.05) is 97.7 Å². The van der Waals surface area contributed by atoms with Crippen molar-refractivity contribution in [1.29, 1.82) is 0 Å². The molecule has 0 aliphatic carbocycles. The van der Waals surface area contributed by atoms with E-state index in [-0.39, 0.29) is 29.8 Å². The molecule has 0 spiro atoms. The zero-order chi connectivity index (χ0) is 39.9. The Morgan fingerprint density at radius 1 is 0.877 bits per heavy atom. The first kappa shape index (κ1) is 38.8. The van der Waals surface area contributed by atoms with Crippen molar-refractivity contribution in [3.63, 3.8) is 0 Å². The summed E-state index contributed by atoms with van der Waals surface area (Å²) in [5.74, 6) is 7.57. The first-order valence-corrected chi connectivity index (χ1v) is 19.1. The number of methoxy groups -OCH3 is 1.